The van der Waals surface area contributed by atoms with Crippen LogP contribution in [0.4, 0.5) is 0 Å². The van der Waals surface area contributed by atoms with E-state index in [2.05, 4.69) is 9.97 Å². The lowest BCUT2D eigenvalue weighted by molar-refractivity contribution is -0.129. The normalized spacial score (nSPS) is 17.1. The second kappa shape index (κ2) is 6.86. The SMILES string of the molecule is COc1ccc(CC(=O)N2CCC(c3cc(=O)[nH]c(C)n3)C2)cc1. The third-order valence-electron chi connectivity index (χ3n) is 4.35. The average Bonchev–Trinajstić information content (AvgIpc) is 3.05. The summed E-state index contributed by atoms with van der Waals surface area (Å²) in [4.78, 5) is 33.0. The number of methoxy groups -OCH3 is 1. The number of aromatic amines is 1. The number of hydrogen-bond donors (Lipinski definition) is 1. The molecule has 0 spiro atoms. The van der Waals surface area contributed by atoms with Crippen molar-refractivity contribution in [1.29, 1.82) is 0 Å². The third kappa shape index (κ3) is 3.64. The van der Waals surface area contributed by atoms with Gasteiger partial charge < -0.3 is 14.6 Å². The first-order valence-electron chi connectivity index (χ1n) is 8.03. The molecule has 1 saturated heterocycles. The van der Waals surface area contributed by atoms with Crippen molar-refractivity contribution in [3.63, 3.8) is 0 Å². The van der Waals surface area contributed by atoms with Crippen molar-refractivity contribution < 1.29 is 9.53 Å². The highest BCUT2D eigenvalue weighted by Gasteiger charge is 2.28. The average molecular weight is 327 g/mol. The predicted octanol–water partition coefficient (Wildman–Crippen LogP) is 1.65. The van der Waals surface area contributed by atoms with Gasteiger partial charge in [-0.1, -0.05) is 12.1 Å². The van der Waals surface area contributed by atoms with Crippen LogP contribution in [-0.4, -0.2) is 41.0 Å². The first-order chi connectivity index (χ1) is 11.5. The summed E-state index contributed by atoms with van der Waals surface area (Å²) in [5.74, 6) is 1.62. The quantitative estimate of drug-likeness (QED) is 0.926. The van der Waals surface area contributed by atoms with Crippen LogP contribution in [-0.2, 0) is 11.2 Å². The molecule has 1 aliphatic rings. The maximum atomic E-state index is 12.5. The van der Waals surface area contributed by atoms with Crippen LogP contribution < -0.4 is 10.3 Å². The zero-order chi connectivity index (χ0) is 17.1. The fourth-order valence-corrected chi connectivity index (χ4v) is 3.07. The van der Waals surface area contributed by atoms with Crippen LogP contribution in [0.1, 0.15) is 29.4 Å². The molecule has 1 N–H and O–H groups in total. The molecule has 6 heteroatoms. The lowest BCUT2D eigenvalue weighted by atomic mass is 10.0. The van der Waals surface area contributed by atoms with E-state index in [1.54, 1.807) is 14.0 Å². The minimum absolute atomic E-state index is 0.101. The van der Waals surface area contributed by atoms with Gasteiger partial charge in [0.2, 0.25) is 5.91 Å². The molecule has 2 aromatic rings. The molecule has 1 amide bonds. The van der Waals surface area contributed by atoms with Gasteiger partial charge >= 0.3 is 0 Å². The summed E-state index contributed by atoms with van der Waals surface area (Å²) in [6.45, 7) is 3.09. The van der Waals surface area contributed by atoms with Gasteiger partial charge in [-0.25, -0.2) is 4.98 Å². The zero-order valence-electron chi connectivity index (χ0n) is 13.9. The fourth-order valence-electron chi connectivity index (χ4n) is 3.07. The molecule has 1 unspecified atom stereocenters. The Morgan fingerprint density at radius 2 is 2.12 bits per heavy atom. The number of aromatic nitrogens is 2. The van der Waals surface area contributed by atoms with Crippen LogP contribution >= 0.6 is 0 Å². The molecule has 0 saturated carbocycles. The summed E-state index contributed by atoms with van der Waals surface area (Å²) in [5, 5.41) is 0. The van der Waals surface area contributed by atoms with E-state index in [9.17, 15) is 9.59 Å². The van der Waals surface area contributed by atoms with Gasteiger partial charge in [0.15, 0.2) is 0 Å². The number of carbonyl (C=O) groups excluding carboxylic acids is 1. The minimum Gasteiger partial charge on any atom is -0.497 e. The highest BCUT2D eigenvalue weighted by Crippen LogP contribution is 2.25. The molecule has 126 valence electrons. The number of carbonyl (C=O) groups is 1. The summed E-state index contributed by atoms with van der Waals surface area (Å²) in [6, 6.07) is 9.07. The molecule has 0 radical (unpaired) electrons. The molecule has 1 atom stereocenters. The Morgan fingerprint density at radius 3 is 2.79 bits per heavy atom. The van der Waals surface area contributed by atoms with E-state index < -0.39 is 0 Å². The van der Waals surface area contributed by atoms with Gasteiger partial charge in [-0.2, -0.15) is 0 Å². The number of aryl methyl sites for hydroxylation is 1. The molecular weight excluding hydrogens is 306 g/mol. The number of benzene rings is 1. The third-order valence-corrected chi connectivity index (χ3v) is 4.35. The second-order valence-corrected chi connectivity index (χ2v) is 6.11. The van der Waals surface area contributed by atoms with Crippen LogP contribution in [0.2, 0.25) is 0 Å². The number of nitrogens with one attached hydrogen (secondary N) is 1. The Bertz CT molecular complexity index is 783. The highest BCUT2D eigenvalue weighted by atomic mass is 16.5. The summed E-state index contributed by atoms with van der Waals surface area (Å²) in [5.41, 5.74) is 1.60. The van der Waals surface area contributed by atoms with Crippen molar-refractivity contribution in [3.8, 4) is 5.75 Å². The van der Waals surface area contributed by atoms with Gasteiger partial charge in [-0.05, 0) is 31.0 Å². The lowest BCUT2D eigenvalue weighted by Crippen LogP contribution is -2.30. The van der Waals surface area contributed by atoms with Gasteiger partial charge in [-0.15, -0.1) is 0 Å². The Kier molecular flexibility index (Phi) is 4.64. The van der Waals surface area contributed by atoms with Crippen molar-refractivity contribution in [1.82, 2.24) is 14.9 Å². The number of H-pyrrole nitrogens is 1. The number of nitrogens with zero attached hydrogens (tertiary/aromatic N) is 2. The molecule has 3 rings (SSSR count). The monoisotopic (exact) mass is 327 g/mol. The van der Waals surface area contributed by atoms with E-state index in [4.69, 9.17) is 4.74 Å². The second-order valence-electron chi connectivity index (χ2n) is 6.11. The maximum absolute atomic E-state index is 12.5. The molecule has 1 fully saturated rings. The summed E-state index contributed by atoms with van der Waals surface area (Å²) in [7, 11) is 1.62. The van der Waals surface area contributed by atoms with E-state index in [-0.39, 0.29) is 17.4 Å². The van der Waals surface area contributed by atoms with Crippen molar-refractivity contribution in [2.75, 3.05) is 20.2 Å². The van der Waals surface area contributed by atoms with Crippen molar-refractivity contribution in [2.24, 2.45) is 0 Å². The van der Waals surface area contributed by atoms with Crippen LogP contribution in [0.25, 0.3) is 0 Å². The molecule has 0 bridgehead atoms. The number of ether oxygens (including phenoxy) is 1. The summed E-state index contributed by atoms with van der Waals surface area (Å²) < 4.78 is 5.13. The van der Waals surface area contributed by atoms with E-state index in [1.807, 2.05) is 29.2 Å². The van der Waals surface area contributed by atoms with Crippen molar-refractivity contribution >= 4 is 5.91 Å². The Morgan fingerprint density at radius 1 is 1.38 bits per heavy atom. The number of rotatable bonds is 4. The van der Waals surface area contributed by atoms with Crippen LogP contribution in [0.3, 0.4) is 0 Å². The van der Waals surface area contributed by atoms with E-state index in [1.165, 1.54) is 6.07 Å². The van der Waals surface area contributed by atoms with Gasteiger partial charge in [0.1, 0.15) is 11.6 Å². The topological polar surface area (TPSA) is 75.3 Å². The zero-order valence-corrected chi connectivity index (χ0v) is 13.9. The van der Waals surface area contributed by atoms with E-state index in [0.29, 0.717) is 25.3 Å². The molecular formula is C18H21N3O3. The van der Waals surface area contributed by atoms with E-state index in [0.717, 1.165) is 23.4 Å². The maximum Gasteiger partial charge on any atom is 0.251 e. The largest absolute Gasteiger partial charge is 0.497 e. The molecule has 1 aromatic carbocycles. The first-order valence-corrected chi connectivity index (χ1v) is 8.03. The van der Waals surface area contributed by atoms with Gasteiger partial charge in [0, 0.05) is 25.1 Å². The summed E-state index contributed by atoms with van der Waals surface area (Å²) in [6.07, 6.45) is 1.21. The Labute approximate surface area is 140 Å². The predicted molar refractivity (Wildman–Crippen MR) is 90.2 cm³/mol. The van der Waals surface area contributed by atoms with Crippen molar-refractivity contribution in [2.45, 2.75) is 25.7 Å². The first kappa shape index (κ1) is 16.2. The standard InChI is InChI=1S/C18H21N3O3/c1-12-19-16(10-17(22)20-12)14-7-8-21(11-14)18(23)9-13-3-5-15(24-2)6-4-13/h3-6,10,14H,7-9,11H2,1-2H3,(H,19,20,22). The highest BCUT2D eigenvalue weighted by molar-refractivity contribution is 5.79. The van der Waals surface area contributed by atoms with Crippen LogP contribution in [0.5, 0.6) is 5.75 Å². The smallest absolute Gasteiger partial charge is 0.251 e. The number of likely N-dealkylation sites (tertiary alicyclic amines) is 1. The molecule has 6 nitrogen and oxygen atoms in total. The van der Waals surface area contributed by atoms with Gasteiger partial charge in [0.05, 0.1) is 19.2 Å². The van der Waals surface area contributed by atoms with E-state index >= 15 is 0 Å². The van der Waals surface area contributed by atoms with Gasteiger partial charge in [-0.3, -0.25) is 9.59 Å². The van der Waals surface area contributed by atoms with Crippen LogP contribution in [0.15, 0.2) is 35.1 Å². The van der Waals surface area contributed by atoms with Crippen LogP contribution in [0, 0.1) is 6.92 Å². The molecule has 1 aromatic heterocycles. The number of amides is 1. The lowest BCUT2D eigenvalue weighted by Gasteiger charge is -2.16. The number of hydrogen-bond acceptors (Lipinski definition) is 4. The molecule has 0 aliphatic carbocycles. The Balaban J connectivity index is 1.64. The molecule has 2 heterocycles. The minimum atomic E-state index is -0.138. The molecule has 24 heavy (non-hydrogen) atoms. The Hall–Kier alpha value is -2.63. The summed E-state index contributed by atoms with van der Waals surface area (Å²) >= 11 is 0. The fraction of sp³-hybridized carbons (Fsp3) is 0.389. The van der Waals surface area contributed by atoms with Crippen molar-refractivity contribution in [3.05, 3.63) is 57.8 Å². The molecule has 1 aliphatic heterocycles. The van der Waals surface area contributed by atoms with Gasteiger partial charge in [0.25, 0.3) is 5.56 Å².